The third-order valence-corrected chi connectivity index (χ3v) is 6.02. The van der Waals surface area contributed by atoms with Crippen LogP contribution >= 0.6 is 11.8 Å². The smallest absolute Gasteiger partial charge is 0.322 e. The van der Waals surface area contributed by atoms with Crippen LogP contribution in [0.3, 0.4) is 0 Å². The number of hydrazine groups is 1. The van der Waals surface area contributed by atoms with Crippen LogP contribution in [0.25, 0.3) is 0 Å². The molecule has 4 amide bonds. The van der Waals surface area contributed by atoms with Crippen molar-refractivity contribution in [3.63, 3.8) is 0 Å². The van der Waals surface area contributed by atoms with Crippen molar-refractivity contribution in [2.75, 3.05) is 0 Å². The molecule has 1 saturated heterocycles. The fraction of sp³-hybridized carbons (Fsp3) is 0.500. The summed E-state index contributed by atoms with van der Waals surface area (Å²) in [5, 5.41) is 3.28. The number of imide groups is 1. The number of thioether (sulfide) groups is 1. The number of rotatable bonds is 5. The Morgan fingerprint density at radius 1 is 1.24 bits per heavy atom. The predicted molar refractivity (Wildman–Crippen MR) is 96.5 cm³/mol. The van der Waals surface area contributed by atoms with Crippen molar-refractivity contribution in [1.82, 2.24) is 15.8 Å². The first kappa shape index (κ1) is 17.8. The van der Waals surface area contributed by atoms with E-state index in [0.29, 0.717) is 18.6 Å². The molecule has 2 fully saturated rings. The first-order chi connectivity index (χ1) is 12.0. The van der Waals surface area contributed by atoms with E-state index in [4.69, 9.17) is 0 Å². The Bertz CT molecular complexity index is 659. The van der Waals surface area contributed by atoms with Gasteiger partial charge in [-0.25, -0.2) is 4.79 Å². The van der Waals surface area contributed by atoms with Crippen molar-refractivity contribution in [3.8, 4) is 0 Å². The van der Waals surface area contributed by atoms with Crippen molar-refractivity contribution >= 4 is 29.6 Å². The van der Waals surface area contributed by atoms with E-state index in [2.05, 4.69) is 10.7 Å². The number of hydrogen-bond acceptors (Lipinski definition) is 4. The zero-order valence-electron chi connectivity index (χ0n) is 14.3. The van der Waals surface area contributed by atoms with Crippen LogP contribution in [0.15, 0.2) is 30.3 Å². The molecule has 7 heteroatoms. The summed E-state index contributed by atoms with van der Waals surface area (Å²) in [6.07, 6.45) is 4.18. The molecule has 0 bridgehead atoms. The predicted octanol–water partition coefficient (Wildman–Crippen LogP) is 2.59. The summed E-state index contributed by atoms with van der Waals surface area (Å²) >= 11 is 1.47. The number of nitrogens with zero attached hydrogens (tertiary/aromatic N) is 1. The van der Waals surface area contributed by atoms with E-state index < -0.39 is 11.6 Å². The van der Waals surface area contributed by atoms with Crippen molar-refractivity contribution in [3.05, 3.63) is 35.9 Å². The van der Waals surface area contributed by atoms with Gasteiger partial charge in [-0.15, -0.1) is 11.8 Å². The zero-order valence-corrected chi connectivity index (χ0v) is 15.1. The lowest BCUT2D eigenvalue weighted by Crippen LogP contribution is -2.52. The minimum atomic E-state index is -0.816. The molecule has 2 aliphatic rings. The van der Waals surface area contributed by atoms with Gasteiger partial charge in [-0.2, -0.15) is 5.01 Å². The highest BCUT2D eigenvalue weighted by Crippen LogP contribution is 2.33. The lowest BCUT2D eigenvalue weighted by atomic mass is 9.82. The van der Waals surface area contributed by atoms with Crippen LogP contribution in [0.5, 0.6) is 0 Å². The number of urea groups is 1. The highest BCUT2D eigenvalue weighted by Gasteiger charge is 2.52. The molecule has 2 N–H and O–H groups in total. The number of hydrogen-bond donors (Lipinski definition) is 2. The lowest BCUT2D eigenvalue weighted by molar-refractivity contribution is -0.139. The average Bonchev–Trinajstić information content (AvgIpc) is 2.85. The summed E-state index contributed by atoms with van der Waals surface area (Å²) in [5.74, 6) is 0.0302. The molecule has 0 aromatic heterocycles. The van der Waals surface area contributed by atoms with Gasteiger partial charge in [0.25, 0.3) is 11.8 Å². The van der Waals surface area contributed by atoms with Gasteiger partial charge in [0.15, 0.2) is 0 Å². The Hall–Kier alpha value is -2.02. The van der Waals surface area contributed by atoms with Crippen molar-refractivity contribution in [1.29, 1.82) is 0 Å². The second-order valence-corrected chi connectivity index (χ2v) is 7.96. The molecule has 1 heterocycles. The van der Waals surface area contributed by atoms with Gasteiger partial charge >= 0.3 is 6.03 Å². The number of benzene rings is 1. The van der Waals surface area contributed by atoms with Gasteiger partial charge in [-0.1, -0.05) is 49.6 Å². The summed E-state index contributed by atoms with van der Waals surface area (Å²) < 4.78 is 0. The third kappa shape index (κ3) is 3.81. The van der Waals surface area contributed by atoms with E-state index in [1.807, 2.05) is 30.3 Å². The maximum Gasteiger partial charge on any atom is 0.344 e. The molecule has 6 nitrogen and oxygen atoms in total. The Morgan fingerprint density at radius 2 is 1.92 bits per heavy atom. The van der Waals surface area contributed by atoms with Crippen LogP contribution in [-0.2, 0) is 15.3 Å². The molecule has 0 unspecified atom stereocenters. The van der Waals surface area contributed by atoms with E-state index in [-0.39, 0.29) is 17.1 Å². The molecule has 1 atom stereocenters. The molecule has 3 rings (SSSR count). The first-order valence-electron chi connectivity index (χ1n) is 8.64. The zero-order chi connectivity index (χ0) is 17.9. The Labute approximate surface area is 151 Å². The molecule has 134 valence electrons. The molecule has 25 heavy (non-hydrogen) atoms. The van der Waals surface area contributed by atoms with Crippen LogP contribution in [0.2, 0.25) is 0 Å². The topological polar surface area (TPSA) is 78.5 Å². The number of nitrogens with one attached hydrogen (secondary N) is 2. The minimum Gasteiger partial charge on any atom is -0.322 e. The van der Waals surface area contributed by atoms with Crippen LogP contribution in [0.1, 0.15) is 44.6 Å². The molecule has 0 radical (unpaired) electrons. The monoisotopic (exact) mass is 361 g/mol. The molecule has 1 aromatic carbocycles. The van der Waals surface area contributed by atoms with Crippen LogP contribution in [0, 0.1) is 0 Å². The van der Waals surface area contributed by atoms with E-state index >= 15 is 0 Å². The van der Waals surface area contributed by atoms with Crippen molar-refractivity contribution in [2.45, 2.75) is 55.6 Å². The third-order valence-electron chi connectivity index (χ3n) is 4.80. The average molecular weight is 361 g/mol. The molecule has 1 aliphatic carbocycles. The Morgan fingerprint density at radius 3 is 2.60 bits per heavy atom. The number of amides is 4. The lowest BCUT2D eigenvalue weighted by Gasteiger charge is -2.30. The Balaban J connectivity index is 1.56. The van der Waals surface area contributed by atoms with Gasteiger partial charge in [-0.3, -0.25) is 15.0 Å². The van der Waals surface area contributed by atoms with Gasteiger partial charge in [0.1, 0.15) is 5.54 Å². The van der Waals surface area contributed by atoms with Crippen LogP contribution in [0.4, 0.5) is 4.79 Å². The second-order valence-electron chi connectivity index (χ2n) is 6.63. The molecule has 1 saturated carbocycles. The van der Waals surface area contributed by atoms with E-state index in [0.717, 1.165) is 29.8 Å². The van der Waals surface area contributed by atoms with Gasteiger partial charge in [0.2, 0.25) is 0 Å². The van der Waals surface area contributed by atoms with E-state index in [9.17, 15) is 14.4 Å². The number of carbonyl (C=O) groups excluding carboxylic acids is 3. The quantitative estimate of drug-likeness (QED) is 0.790. The van der Waals surface area contributed by atoms with E-state index in [1.54, 1.807) is 6.92 Å². The Kier molecular flexibility index (Phi) is 5.32. The second kappa shape index (κ2) is 7.47. The highest BCUT2D eigenvalue weighted by molar-refractivity contribution is 7.99. The highest BCUT2D eigenvalue weighted by atomic mass is 32.2. The van der Waals surface area contributed by atoms with Crippen molar-refractivity contribution < 1.29 is 14.4 Å². The van der Waals surface area contributed by atoms with Gasteiger partial charge in [0.05, 0.1) is 5.25 Å². The maximum absolute atomic E-state index is 12.7. The summed E-state index contributed by atoms with van der Waals surface area (Å²) in [7, 11) is 0. The van der Waals surface area contributed by atoms with Gasteiger partial charge < -0.3 is 5.32 Å². The number of carbonyl (C=O) groups is 3. The first-order valence-corrected chi connectivity index (χ1v) is 9.69. The van der Waals surface area contributed by atoms with Crippen molar-refractivity contribution in [2.24, 2.45) is 0 Å². The van der Waals surface area contributed by atoms with E-state index in [1.165, 1.54) is 11.8 Å². The molecule has 1 aliphatic heterocycles. The maximum atomic E-state index is 12.7. The summed E-state index contributed by atoms with van der Waals surface area (Å²) in [6.45, 7) is 1.78. The SMILES string of the molecule is C[C@H](SCc1ccccc1)C(=O)NN1C(=O)NC2(CCCCC2)C1=O. The fourth-order valence-electron chi connectivity index (χ4n) is 3.29. The van der Waals surface area contributed by atoms with Crippen LogP contribution < -0.4 is 10.7 Å². The molecular weight excluding hydrogens is 338 g/mol. The minimum absolute atomic E-state index is 0.328. The molecule has 1 aromatic rings. The summed E-state index contributed by atoms with van der Waals surface area (Å²) in [5.41, 5.74) is 2.81. The largest absolute Gasteiger partial charge is 0.344 e. The standard InChI is InChI=1S/C18H23N3O3S/c1-13(25-12-14-8-4-2-5-9-14)15(22)20-21-16(23)18(19-17(21)24)10-6-3-7-11-18/h2,4-5,8-9,13H,3,6-7,10-12H2,1H3,(H,19,24)(H,20,22)/t13-/m0/s1. The van der Waals surface area contributed by atoms with Crippen LogP contribution in [-0.4, -0.2) is 33.6 Å². The summed E-state index contributed by atoms with van der Waals surface area (Å²) in [6, 6.07) is 9.34. The fourth-order valence-corrected chi connectivity index (χ4v) is 4.13. The molecular formula is C18H23N3O3S. The molecule has 1 spiro atoms. The van der Waals surface area contributed by atoms with Gasteiger partial charge in [0, 0.05) is 5.75 Å². The summed E-state index contributed by atoms with van der Waals surface area (Å²) in [4.78, 5) is 37.2. The normalized spacial score (nSPS) is 20.4. The van der Waals surface area contributed by atoms with Gasteiger partial charge in [-0.05, 0) is 25.3 Å².